The van der Waals surface area contributed by atoms with Crippen LogP contribution in [0.15, 0.2) is 18.2 Å². The number of rotatable bonds is 5. The van der Waals surface area contributed by atoms with E-state index in [4.69, 9.17) is 10.4 Å². The van der Waals surface area contributed by atoms with E-state index in [1.807, 2.05) is 5.32 Å². The molecule has 11 heteroatoms. The first kappa shape index (κ1) is 21.3. The molecule has 0 radical (unpaired) electrons. The lowest BCUT2D eigenvalue weighted by Gasteiger charge is -2.17. The van der Waals surface area contributed by atoms with Crippen molar-refractivity contribution in [3.05, 3.63) is 34.9 Å². The highest BCUT2D eigenvalue weighted by atomic mass is 19.4. The second-order valence-electron chi connectivity index (χ2n) is 5.42. The monoisotopic (exact) mass is 382 g/mol. The quantitative estimate of drug-likeness (QED) is 0.764. The summed E-state index contributed by atoms with van der Waals surface area (Å²) in [6.07, 6.45) is -10.7. The molecule has 0 spiro atoms. The molecule has 0 unspecified atom stereocenters. The van der Waals surface area contributed by atoms with Crippen LogP contribution in [0, 0.1) is 17.2 Å². The van der Waals surface area contributed by atoms with Gasteiger partial charge >= 0.3 is 18.3 Å². The fraction of sp³-hybridized carbons (Fsp3) is 0.400. The van der Waals surface area contributed by atoms with Gasteiger partial charge in [-0.25, -0.2) is 4.79 Å². The summed E-state index contributed by atoms with van der Waals surface area (Å²) in [4.78, 5) is 23.1. The molecule has 0 saturated heterocycles. The molecule has 1 rings (SSSR count). The fourth-order valence-corrected chi connectivity index (χ4v) is 1.96. The Hall–Kier alpha value is -2.77. The second kappa shape index (κ2) is 7.63. The third-order valence-corrected chi connectivity index (χ3v) is 3.26. The molecule has 0 saturated carbocycles. The number of nitrogens with one attached hydrogen (secondary N) is 1. The minimum Gasteiger partial charge on any atom is -0.480 e. The number of benzene rings is 1. The van der Waals surface area contributed by atoms with Crippen LogP contribution in [0.2, 0.25) is 0 Å². The van der Waals surface area contributed by atoms with E-state index in [2.05, 4.69) is 0 Å². The van der Waals surface area contributed by atoms with Crippen molar-refractivity contribution in [2.45, 2.75) is 31.7 Å². The second-order valence-corrected chi connectivity index (χ2v) is 5.42. The molecule has 0 aliphatic heterocycles. The number of nitriles is 1. The molecule has 2 atom stereocenters. The van der Waals surface area contributed by atoms with Gasteiger partial charge in [0.2, 0.25) is 0 Å². The van der Waals surface area contributed by atoms with Crippen molar-refractivity contribution in [3.63, 3.8) is 0 Å². The van der Waals surface area contributed by atoms with Crippen LogP contribution in [0.25, 0.3) is 0 Å². The zero-order valence-electron chi connectivity index (χ0n) is 13.1. The summed E-state index contributed by atoms with van der Waals surface area (Å²) in [5, 5.41) is 19.5. The average Bonchev–Trinajstić information content (AvgIpc) is 2.51. The van der Waals surface area contributed by atoms with Crippen LogP contribution < -0.4 is 5.32 Å². The number of amides is 1. The third-order valence-electron chi connectivity index (χ3n) is 3.26. The van der Waals surface area contributed by atoms with Gasteiger partial charge in [0.25, 0.3) is 5.91 Å². The number of halogens is 6. The largest absolute Gasteiger partial charge is 0.480 e. The normalized spacial score (nSPS) is 14.2. The van der Waals surface area contributed by atoms with E-state index < -0.39 is 52.9 Å². The van der Waals surface area contributed by atoms with Gasteiger partial charge in [-0.2, -0.15) is 31.6 Å². The van der Waals surface area contributed by atoms with Gasteiger partial charge in [0.15, 0.2) is 0 Å². The van der Waals surface area contributed by atoms with Crippen molar-refractivity contribution < 1.29 is 41.0 Å². The van der Waals surface area contributed by atoms with Crippen LogP contribution in [0.1, 0.15) is 34.8 Å². The zero-order valence-corrected chi connectivity index (χ0v) is 13.1. The predicted octanol–water partition coefficient (Wildman–Crippen LogP) is 3.46. The highest BCUT2D eigenvalue weighted by molar-refractivity contribution is 5.97. The number of carboxylic acid groups (broad SMARTS) is 1. The molecule has 0 fully saturated rings. The van der Waals surface area contributed by atoms with E-state index in [-0.39, 0.29) is 24.6 Å². The van der Waals surface area contributed by atoms with Crippen LogP contribution in [0.4, 0.5) is 26.3 Å². The molecule has 2 N–H and O–H groups in total. The van der Waals surface area contributed by atoms with Gasteiger partial charge < -0.3 is 10.4 Å². The van der Waals surface area contributed by atoms with E-state index in [1.54, 1.807) is 6.07 Å². The Labute approximate surface area is 143 Å². The van der Waals surface area contributed by atoms with Crippen molar-refractivity contribution in [1.29, 1.82) is 5.26 Å². The molecule has 0 aromatic heterocycles. The van der Waals surface area contributed by atoms with E-state index in [0.717, 1.165) is 0 Å². The fourth-order valence-electron chi connectivity index (χ4n) is 1.96. The molecule has 1 aromatic rings. The molecule has 0 bridgehead atoms. The molecule has 142 valence electrons. The van der Waals surface area contributed by atoms with E-state index in [0.29, 0.717) is 0 Å². The summed E-state index contributed by atoms with van der Waals surface area (Å²) in [7, 11) is 0. The number of nitrogens with zero attached hydrogens (tertiary/aromatic N) is 1. The summed E-state index contributed by atoms with van der Waals surface area (Å²) in [6.45, 7) is 1.34. The van der Waals surface area contributed by atoms with Crippen LogP contribution in [-0.2, 0) is 17.1 Å². The van der Waals surface area contributed by atoms with Gasteiger partial charge in [-0.15, -0.1) is 0 Å². The van der Waals surface area contributed by atoms with E-state index in [1.165, 1.54) is 6.92 Å². The van der Waals surface area contributed by atoms with E-state index in [9.17, 15) is 35.9 Å². The van der Waals surface area contributed by atoms with Crippen LogP contribution in [0.3, 0.4) is 0 Å². The maximum absolute atomic E-state index is 12.8. The molecule has 1 amide bonds. The highest BCUT2D eigenvalue weighted by Gasteiger charge is 2.37. The number of carbonyl (C=O) groups is 2. The van der Waals surface area contributed by atoms with Gasteiger partial charge in [0.1, 0.15) is 6.04 Å². The van der Waals surface area contributed by atoms with Crippen LogP contribution in [-0.4, -0.2) is 23.0 Å². The first-order valence-electron chi connectivity index (χ1n) is 6.98. The Kier molecular flexibility index (Phi) is 6.25. The Morgan fingerprint density at radius 3 is 1.92 bits per heavy atom. The Morgan fingerprint density at radius 1 is 1.12 bits per heavy atom. The summed E-state index contributed by atoms with van der Waals surface area (Å²) in [5.41, 5.74) is -4.40. The van der Waals surface area contributed by atoms with E-state index >= 15 is 0 Å². The number of aliphatic carboxylic acids is 1. The third kappa shape index (κ3) is 5.65. The van der Waals surface area contributed by atoms with Crippen molar-refractivity contribution in [1.82, 2.24) is 5.32 Å². The first-order valence-corrected chi connectivity index (χ1v) is 6.98. The summed E-state index contributed by atoms with van der Waals surface area (Å²) in [6, 6.07) is 0.291. The van der Waals surface area contributed by atoms with Gasteiger partial charge in [0.05, 0.1) is 17.2 Å². The van der Waals surface area contributed by atoms with Crippen molar-refractivity contribution in [3.8, 4) is 6.07 Å². The van der Waals surface area contributed by atoms with Gasteiger partial charge in [0, 0.05) is 11.5 Å². The Morgan fingerprint density at radius 2 is 1.58 bits per heavy atom. The zero-order chi connectivity index (χ0) is 20.3. The molecule has 0 heterocycles. The van der Waals surface area contributed by atoms with Gasteiger partial charge in [-0.1, -0.05) is 0 Å². The summed E-state index contributed by atoms with van der Waals surface area (Å²) >= 11 is 0. The lowest BCUT2D eigenvalue weighted by atomic mass is 10.0. The molecule has 1 aromatic carbocycles. The molecule has 0 aliphatic rings. The van der Waals surface area contributed by atoms with Gasteiger partial charge in [-0.3, -0.25) is 4.79 Å². The molecule has 5 nitrogen and oxygen atoms in total. The topological polar surface area (TPSA) is 90.2 Å². The van der Waals surface area contributed by atoms with Crippen molar-refractivity contribution in [2.75, 3.05) is 0 Å². The van der Waals surface area contributed by atoms with Crippen LogP contribution >= 0.6 is 0 Å². The van der Waals surface area contributed by atoms with Crippen molar-refractivity contribution in [2.24, 2.45) is 5.92 Å². The first-order chi connectivity index (χ1) is 11.8. The standard InChI is InChI=1S/C15H12F6N2O3/c1-7(6-22)2-11(13(25)26)23-12(24)8-3-9(14(16,17)18)5-10(4-8)15(19,20)21/h3-5,7,11H,2H2,1H3,(H,23,24)(H,25,26)/t7-,11+/m1/s1. The SMILES string of the molecule is C[C@@H](C#N)C[C@H](NC(=O)c1cc(C(F)(F)F)cc(C(F)(F)F)c1)C(=O)O. The predicted molar refractivity (Wildman–Crippen MR) is 74.7 cm³/mol. The molecular formula is C15H12F6N2O3. The maximum Gasteiger partial charge on any atom is 0.416 e. The average molecular weight is 382 g/mol. The number of alkyl halides is 6. The smallest absolute Gasteiger partial charge is 0.416 e. The van der Waals surface area contributed by atoms with Gasteiger partial charge in [-0.05, 0) is 31.5 Å². The lowest BCUT2D eigenvalue weighted by Crippen LogP contribution is -2.41. The maximum atomic E-state index is 12.8. The minimum absolute atomic E-state index is 0.150. The minimum atomic E-state index is -5.14. The number of hydrogen-bond donors (Lipinski definition) is 2. The molecule has 0 aliphatic carbocycles. The number of carbonyl (C=O) groups excluding carboxylic acids is 1. The lowest BCUT2D eigenvalue weighted by molar-refractivity contribution is -0.143. The summed E-state index contributed by atoms with van der Waals surface area (Å²) < 4.78 is 76.7. The highest BCUT2D eigenvalue weighted by Crippen LogP contribution is 2.36. The molecule has 26 heavy (non-hydrogen) atoms. The number of carboxylic acids is 1. The Balaban J connectivity index is 3.26. The summed E-state index contributed by atoms with van der Waals surface area (Å²) in [5.74, 6) is -3.83. The number of hydrogen-bond acceptors (Lipinski definition) is 3. The van der Waals surface area contributed by atoms with Crippen molar-refractivity contribution >= 4 is 11.9 Å². The molecular weight excluding hydrogens is 370 g/mol. The van der Waals surface area contributed by atoms with Crippen LogP contribution in [0.5, 0.6) is 0 Å². The Bertz CT molecular complexity index is 704.